The first kappa shape index (κ1) is 40.0. The molecule has 0 aliphatic rings. The van der Waals surface area contributed by atoms with Gasteiger partial charge in [0.2, 0.25) is 0 Å². The summed E-state index contributed by atoms with van der Waals surface area (Å²) >= 11 is -4.07. The number of rotatable bonds is 28. The predicted octanol–water partition coefficient (Wildman–Crippen LogP) is 11.9. The Balaban J connectivity index is 6.90. The molecule has 0 atom stereocenters. The van der Waals surface area contributed by atoms with Crippen molar-refractivity contribution in [3.05, 3.63) is 0 Å². The molecule has 39 heavy (non-hydrogen) atoms. The zero-order valence-electron chi connectivity index (χ0n) is 28.4. The van der Waals surface area contributed by atoms with E-state index in [9.17, 15) is 0 Å². The molecule has 0 amide bonds. The Morgan fingerprint density at radius 2 is 0.667 bits per heavy atom. The molecule has 0 N–H and O–H groups in total. The van der Waals surface area contributed by atoms with Crippen LogP contribution in [0.2, 0.25) is 36.3 Å². The van der Waals surface area contributed by atoms with E-state index in [1.165, 1.54) is 113 Å². The van der Waals surface area contributed by atoms with Crippen molar-refractivity contribution in [3.63, 3.8) is 0 Å². The van der Waals surface area contributed by atoms with E-state index in [1.54, 1.807) is 0 Å². The summed E-state index contributed by atoms with van der Waals surface area (Å²) in [7, 11) is -4.20. The Morgan fingerprint density at radius 3 is 0.846 bits per heavy atom. The molecule has 0 aromatic carbocycles. The molecule has 0 fully saturated rings. The Morgan fingerprint density at radius 1 is 0.436 bits per heavy atom. The average Bonchev–Trinajstić information content (AvgIpc) is 2.92. The summed E-state index contributed by atoms with van der Waals surface area (Å²) in [5.74, 6) is 0.863. The van der Waals surface area contributed by atoms with Crippen LogP contribution < -0.4 is 0 Å². The van der Waals surface area contributed by atoms with Crippen LogP contribution in [0, 0.1) is 11.8 Å². The maximum absolute atomic E-state index is 7.72. The van der Waals surface area contributed by atoms with Crippen molar-refractivity contribution >= 4 is 16.6 Å². The van der Waals surface area contributed by atoms with Gasteiger partial charge in [0.15, 0.2) is 0 Å². The molecular formula is C32H72O4Si2Ti. The van der Waals surface area contributed by atoms with Crippen LogP contribution in [0.25, 0.3) is 0 Å². The molecule has 0 spiro atoms. The third-order valence-electron chi connectivity index (χ3n) is 7.79. The molecule has 0 bridgehead atoms. The van der Waals surface area contributed by atoms with Crippen LogP contribution in [0.4, 0.5) is 0 Å². The molecule has 236 valence electrons. The van der Waals surface area contributed by atoms with Crippen molar-refractivity contribution in [2.24, 2.45) is 11.8 Å². The summed E-state index contributed by atoms with van der Waals surface area (Å²) in [4.78, 5) is 0. The van der Waals surface area contributed by atoms with Gasteiger partial charge in [-0.15, -0.1) is 0 Å². The van der Waals surface area contributed by atoms with E-state index in [0.29, 0.717) is 25.0 Å². The van der Waals surface area contributed by atoms with Crippen molar-refractivity contribution in [2.75, 3.05) is 13.2 Å². The van der Waals surface area contributed by atoms with Crippen molar-refractivity contribution < 1.29 is 30.8 Å². The number of unbranched alkanes of at least 4 members (excludes halogenated alkanes) is 6. The molecule has 0 radical (unpaired) electrons. The van der Waals surface area contributed by atoms with E-state index in [4.69, 9.17) is 12.7 Å². The Bertz CT molecular complexity index is 471. The van der Waals surface area contributed by atoms with Gasteiger partial charge in [-0.2, -0.15) is 0 Å². The van der Waals surface area contributed by atoms with Gasteiger partial charge in [0, 0.05) is 0 Å². The zero-order chi connectivity index (χ0) is 29.6. The van der Waals surface area contributed by atoms with Gasteiger partial charge >= 0.3 is 255 Å². The molecule has 4 nitrogen and oxygen atoms in total. The van der Waals surface area contributed by atoms with Gasteiger partial charge in [0.1, 0.15) is 0 Å². The Kier molecular flexibility index (Phi) is 24.0. The molecule has 0 aliphatic carbocycles. The maximum atomic E-state index is 7.72. The quantitative estimate of drug-likeness (QED) is 0.0812. The number of hydrogen-bond acceptors (Lipinski definition) is 4. The topological polar surface area (TPSA) is 36.9 Å². The second kappa shape index (κ2) is 23.4. The van der Waals surface area contributed by atoms with Gasteiger partial charge < -0.3 is 0 Å². The second-order valence-corrected chi connectivity index (χ2v) is 25.6. The van der Waals surface area contributed by atoms with E-state index in [-0.39, 0.29) is 0 Å². The molecule has 0 saturated heterocycles. The Hall–Kier alpha value is 0.988. The Labute approximate surface area is 254 Å². The third-order valence-corrected chi connectivity index (χ3v) is 24.8. The van der Waals surface area contributed by atoms with E-state index in [2.05, 4.69) is 69.2 Å². The first-order valence-corrected chi connectivity index (χ1v) is 24.9. The van der Waals surface area contributed by atoms with Gasteiger partial charge in [-0.3, -0.25) is 0 Å². The monoisotopic (exact) mass is 624 g/mol. The van der Waals surface area contributed by atoms with Crippen molar-refractivity contribution in [1.29, 1.82) is 0 Å². The average molecular weight is 625 g/mol. The fraction of sp³-hybridized carbons (Fsp3) is 1.00. The van der Waals surface area contributed by atoms with Crippen molar-refractivity contribution in [1.82, 2.24) is 0 Å². The van der Waals surface area contributed by atoms with Crippen molar-refractivity contribution in [2.45, 2.75) is 183 Å². The summed E-state index contributed by atoms with van der Waals surface area (Å²) in [6.07, 6.45) is 14.8. The molecular weight excluding hydrogens is 552 g/mol. The van der Waals surface area contributed by atoms with Crippen molar-refractivity contribution in [3.8, 4) is 0 Å². The third kappa shape index (κ3) is 17.6. The molecule has 0 aromatic heterocycles. The van der Waals surface area contributed by atoms with E-state index in [1.807, 2.05) is 0 Å². The summed E-state index contributed by atoms with van der Waals surface area (Å²) < 4.78 is 29.5. The van der Waals surface area contributed by atoms with Crippen LogP contribution in [-0.4, -0.2) is 29.8 Å². The normalized spacial score (nSPS) is 13.2. The minimum atomic E-state index is -4.07. The van der Waals surface area contributed by atoms with E-state index >= 15 is 0 Å². The van der Waals surface area contributed by atoms with Crippen LogP contribution in [-0.2, 0) is 30.8 Å². The van der Waals surface area contributed by atoms with Crippen LogP contribution in [0.15, 0.2) is 0 Å². The molecule has 0 unspecified atom stereocenters. The molecule has 0 saturated carbocycles. The second-order valence-electron chi connectivity index (χ2n) is 13.1. The molecule has 0 rings (SSSR count). The first-order chi connectivity index (χ1) is 18.6. The van der Waals surface area contributed by atoms with Crippen LogP contribution >= 0.6 is 0 Å². The zero-order valence-corrected chi connectivity index (χ0v) is 32.0. The van der Waals surface area contributed by atoms with Gasteiger partial charge in [-0.25, -0.2) is 0 Å². The molecule has 0 heterocycles. The summed E-state index contributed by atoms with van der Waals surface area (Å²) in [5, 5.41) is 0. The van der Waals surface area contributed by atoms with Gasteiger partial charge in [0.05, 0.1) is 0 Å². The fourth-order valence-electron chi connectivity index (χ4n) is 5.30. The summed E-state index contributed by atoms with van der Waals surface area (Å²) in [6.45, 7) is 24.3. The minimum absolute atomic E-state index is 0.431. The molecule has 0 aromatic rings. The van der Waals surface area contributed by atoms with Crippen LogP contribution in [0.3, 0.4) is 0 Å². The summed E-state index contributed by atoms with van der Waals surface area (Å²) in [6, 6.07) is 7.35. The predicted molar refractivity (Wildman–Crippen MR) is 174 cm³/mol. The van der Waals surface area contributed by atoms with Crippen LogP contribution in [0.5, 0.6) is 0 Å². The van der Waals surface area contributed by atoms with Gasteiger partial charge in [0.25, 0.3) is 0 Å². The standard InChI is InChI=1S/2C12H27OSi.2C4H9O.Ti/c2*1-4-7-10-14(13,11-8-5-2)12-9-6-3;2*1-4(2)3-5;/h2*4-12H2,1-3H3;2*4H,3H2,1-2H3;/q4*-1;+4. The number of hydrogen-bond donors (Lipinski definition) is 0. The van der Waals surface area contributed by atoms with Gasteiger partial charge in [-0.1, -0.05) is 0 Å². The summed E-state index contributed by atoms with van der Waals surface area (Å²) in [5.41, 5.74) is 0. The SMILES string of the molecule is CCCC[Si](CCCC)(CCCC)[O][Ti]([O]CC(C)C)([O]CC(C)C)[O][Si](CCCC)(CCCC)CCCC. The molecule has 0 aliphatic heterocycles. The molecule has 7 heteroatoms. The fourth-order valence-corrected chi connectivity index (χ4v) is 26.2. The van der Waals surface area contributed by atoms with Crippen LogP contribution in [0.1, 0.15) is 146 Å². The van der Waals surface area contributed by atoms with E-state index < -0.39 is 34.8 Å². The van der Waals surface area contributed by atoms with E-state index in [0.717, 1.165) is 0 Å². The van der Waals surface area contributed by atoms with Gasteiger partial charge in [-0.05, 0) is 0 Å². The first-order valence-electron chi connectivity index (χ1n) is 17.3.